The summed E-state index contributed by atoms with van der Waals surface area (Å²) in [5, 5.41) is 3.01. The summed E-state index contributed by atoms with van der Waals surface area (Å²) in [4.78, 5) is 14.9. The van der Waals surface area contributed by atoms with Crippen LogP contribution in [0.25, 0.3) is 0 Å². The molecule has 2 aromatic carbocycles. The Morgan fingerprint density at radius 3 is 2.33 bits per heavy atom. The van der Waals surface area contributed by atoms with Crippen LogP contribution in [0.15, 0.2) is 42.5 Å². The molecule has 0 aliphatic rings. The number of amides is 1. The first-order valence-corrected chi connectivity index (χ1v) is 9.51. The molecule has 5 heteroatoms. The van der Waals surface area contributed by atoms with Crippen molar-refractivity contribution < 1.29 is 14.3 Å². The molecule has 5 nitrogen and oxygen atoms in total. The molecule has 146 valence electrons. The van der Waals surface area contributed by atoms with Crippen molar-refractivity contribution in [3.8, 4) is 11.5 Å². The average molecular weight is 370 g/mol. The van der Waals surface area contributed by atoms with Gasteiger partial charge in [-0.3, -0.25) is 9.69 Å². The molecule has 27 heavy (non-hydrogen) atoms. The van der Waals surface area contributed by atoms with Crippen molar-refractivity contribution in [2.24, 2.45) is 0 Å². The number of nitrogens with one attached hydrogen (secondary N) is 1. The number of ether oxygens (including phenoxy) is 2. The first kappa shape index (κ1) is 20.8. The Bertz CT molecular complexity index is 742. The number of carbonyl (C=O) groups is 1. The molecule has 0 saturated heterocycles. The van der Waals surface area contributed by atoms with Crippen LogP contribution < -0.4 is 14.8 Å². The van der Waals surface area contributed by atoms with Crippen LogP contribution in [0.3, 0.4) is 0 Å². The van der Waals surface area contributed by atoms with Gasteiger partial charge in [0.1, 0.15) is 0 Å². The van der Waals surface area contributed by atoms with Crippen LogP contribution in [0, 0.1) is 0 Å². The van der Waals surface area contributed by atoms with E-state index in [1.807, 2.05) is 19.1 Å². The van der Waals surface area contributed by atoms with Crippen LogP contribution in [0.5, 0.6) is 11.5 Å². The fraction of sp³-hybridized carbons (Fsp3) is 0.409. The van der Waals surface area contributed by atoms with Gasteiger partial charge in [-0.05, 0) is 49.3 Å². The molecule has 2 aromatic rings. The summed E-state index contributed by atoms with van der Waals surface area (Å²) in [5.41, 5.74) is 2.93. The van der Waals surface area contributed by atoms with Crippen molar-refractivity contribution >= 4 is 5.91 Å². The molecule has 0 aliphatic heterocycles. The monoisotopic (exact) mass is 370 g/mol. The highest BCUT2D eigenvalue weighted by molar-refractivity contribution is 5.94. The van der Waals surface area contributed by atoms with Gasteiger partial charge in [-0.2, -0.15) is 0 Å². The Morgan fingerprint density at radius 2 is 1.70 bits per heavy atom. The van der Waals surface area contributed by atoms with Crippen molar-refractivity contribution in [3.63, 3.8) is 0 Å². The van der Waals surface area contributed by atoms with E-state index in [0.29, 0.717) is 30.2 Å². The van der Waals surface area contributed by atoms with E-state index in [1.165, 1.54) is 5.56 Å². The van der Waals surface area contributed by atoms with Gasteiger partial charge in [-0.15, -0.1) is 0 Å². The number of nitrogens with zero attached hydrogens (tertiary/aromatic N) is 1. The normalized spacial score (nSPS) is 10.7. The van der Waals surface area contributed by atoms with Gasteiger partial charge in [-0.25, -0.2) is 0 Å². The Balaban J connectivity index is 2.07. The smallest absolute Gasteiger partial charge is 0.251 e. The fourth-order valence-corrected chi connectivity index (χ4v) is 2.93. The van der Waals surface area contributed by atoms with Crippen molar-refractivity contribution in [1.29, 1.82) is 0 Å². The quantitative estimate of drug-likeness (QED) is 0.690. The zero-order valence-electron chi connectivity index (χ0n) is 16.7. The molecule has 0 fully saturated rings. The molecule has 0 atom stereocenters. The minimum Gasteiger partial charge on any atom is -0.493 e. The summed E-state index contributed by atoms with van der Waals surface area (Å²) >= 11 is 0. The van der Waals surface area contributed by atoms with E-state index in [0.717, 1.165) is 25.2 Å². The van der Waals surface area contributed by atoms with Crippen molar-refractivity contribution in [3.05, 3.63) is 59.2 Å². The molecule has 0 bridgehead atoms. The Hall–Kier alpha value is -2.53. The van der Waals surface area contributed by atoms with E-state index in [4.69, 9.17) is 9.47 Å². The zero-order chi connectivity index (χ0) is 19.6. The molecule has 1 amide bonds. The van der Waals surface area contributed by atoms with Gasteiger partial charge in [0.15, 0.2) is 11.5 Å². The second-order valence-corrected chi connectivity index (χ2v) is 6.21. The molecule has 0 saturated carbocycles. The Morgan fingerprint density at radius 1 is 1.00 bits per heavy atom. The maximum Gasteiger partial charge on any atom is 0.251 e. The lowest BCUT2D eigenvalue weighted by molar-refractivity contribution is 0.0950. The third-order valence-electron chi connectivity index (χ3n) is 4.57. The number of methoxy groups -OCH3 is 1. The van der Waals surface area contributed by atoms with Crippen LogP contribution in [-0.4, -0.2) is 37.6 Å². The van der Waals surface area contributed by atoms with E-state index in [2.05, 4.69) is 36.2 Å². The topological polar surface area (TPSA) is 50.8 Å². The Labute approximate surface area is 162 Å². The van der Waals surface area contributed by atoms with Gasteiger partial charge in [-0.1, -0.05) is 38.1 Å². The minimum absolute atomic E-state index is 0.131. The molecule has 2 rings (SSSR count). The molecule has 0 heterocycles. The van der Waals surface area contributed by atoms with Gasteiger partial charge in [0.05, 0.1) is 13.7 Å². The van der Waals surface area contributed by atoms with Crippen LogP contribution in [0.4, 0.5) is 0 Å². The maximum absolute atomic E-state index is 12.6. The summed E-state index contributed by atoms with van der Waals surface area (Å²) in [7, 11) is 1.57. The van der Waals surface area contributed by atoms with Gasteiger partial charge >= 0.3 is 0 Å². The van der Waals surface area contributed by atoms with E-state index in [9.17, 15) is 4.79 Å². The summed E-state index contributed by atoms with van der Waals surface area (Å²) in [6, 6.07) is 13.5. The SMILES string of the molecule is CCOc1ccc(C(=O)NCc2ccccc2CN(CC)CC)cc1OC. The van der Waals surface area contributed by atoms with Crippen LogP contribution in [-0.2, 0) is 13.1 Å². The number of hydrogen-bond donors (Lipinski definition) is 1. The standard InChI is InChI=1S/C22H30N2O3/c1-5-24(6-2)16-19-11-9-8-10-18(19)15-23-22(25)17-12-13-20(27-7-3)21(14-17)26-4/h8-14H,5-7,15-16H2,1-4H3,(H,23,25). The lowest BCUT2D eigenvalue weighted by Crippen LogP contribution is -2.26. The number of hydrogen-bond acceptors (Lipinski definition) is 4. The highest BCUT2D eigenvalue weighted by Gasteiger charge is 2.12. The third-order valence-corrected chi connectivity index (χ3v) is 4.57. The molecular weight excluding hydrogens is 340 g/mol. The van der Waals surface area contributed by atoms with Crippen molar-refractivity contribution in [1.82, 2.24) is 10.2 Å². The first-order valence-electron chi connectivity index (χ1n) is 9.51. The van der Waals surface area contributed by atoms with Gasteiger partial charge < -0.3 is 14.8 Å². The molecular formula is C22H30N2O3. The second kappa shape index (κ2) is 10.6. The van der Waals surface area contributed by atoms with Crippen molar-refractivity contribution in [2.45, 2.75) is 33.9 Å². The van der Waals surface area contributed by atoms with Crippen LogP contribution in [0.1, 0.15) is 42.3 Å². The molecule has 0 radical (unpaired) electrons. The van der Waals surface area contributed by atoms with E-state index < -0.39 is 0 Å². The van der Waals surface area contributed by atoms with Gasteiger partial charge in [0.2, 0.25) is 0 Å². The van der Waals surface area contributed by atoms with E-state index in [1.54, 1.807) is 25.3 Å². The maximum atomic E-state index is 12.6. The van der Waals surface area contributed by atoms with Crippen LogP contribution >= 0.6 is 0 Å². The average Bonchev–Trinajstić information content (AvgIpc) is 2.71. The van der Waals surface area contributed by atoms with E-state index in [-0.39, 0.29) is 5.91 Å². The third kappa shape index (κ3) is 5.73. The van der Waals surface area contributed by atoms with Crippen molar-refractivity contribution in [2.75, 3.05) is 26.8 Å². The highest BCUT2D eigenvalue weighted by atomic mass is 16.5. The lowest BCUT2D eigenvalue weighted by Gasteiger charge is -2.20. The molecule has 0 aromatic heterocycles. The second-order valence-electron chi connectivity index (χ2n) is 6.21. The highest BCUT2D eigenvalue weighted by Crippen LogP contribution is 2.28. The summed E-state index contributed by atoms with van der Waals surface area (Å²) in [5.74, 6) is 1.07. The zero-order valence-corrected chi connectivity index (χ0v) is 16.7. The molecule has 0 aliphatic carbocycles. The number of rotatable bonds is 10. The number of carbonyl (C=O) groups excluding carboxylic acids is 1. The van der Waals surface area contributed by atoms with Gasteiger partial charge in [0, 0.05) is 18.7 Å². The van der Waals surface area contributed by atoms with Gasteiger partial charge in [0.25, 0.3) is 5.91 Å². The fourth-order valence-electron chi connectivity index (χ4n) is 2.93. The first-order chi connectivity index (χ1) is 13.1. The largest absolute Gasteiger partial charge is 0.493 e. The summed E-state index contributed by atoms with van der Waals surface area (Å²) in [6.45, 7) is 10.2. The lowest BCUT2D eigenvalue weighted by atomic mass is 10.1. The summed E-state index contributed by atoms with van der Waals surface area (Å²) in [6.07, 6.45) is 0. The number of benzene rings is 2. The predicted molar refractivity (Wildman–Crippen MR) is 108 cm³/mol. The van der Waals surface area contributed by atoms with E-state index >= 15 is 0 Å². The molecule has 0 unspecified atom stereocenters. The molecule has 1 N–H and O–H groups in total. The predicted octanol–water partition coefficient (Wildman–Crippen LogP) is 3.87. The molecule has 0 spiro atoms. The minimum atomic E-state index is -0.131. The summed E-state index contributed by atoms with van der Waals surface area (Å²) < 4.78 is 10.8. The Kier molecular flexibility index (Phi) is 8.14. The van der Waals surface area contributed by atoms with Crippen LogP contribution in [0.2, 0.25) is 0 Å².